The summed E-state index contributed by atoms with van der Waals surface area (Å²) in [6, 6.07) is 49.8. The van der Waals surface area contributed by atoms with E-state index in [1.54, 1.807) is 5.56 Å². The normalized spacial score (nSPS) is 13.5. The molecule has 0 amide bonds. The second-order valence-electron chi connectivity index (χ2n) is 12.1. The van der Waals surface area contributed by atoms with Crippen molar-refractivity contribution in [2.75, 3.05) is 0 Å². The van der Waals surface area contributed by atoms with Gasteiger partial charge in [0.05, 0.1) is 0 Å². The molecule has 0 atom stereocenters. The summed E-state index contributed by atoms with van der Waals surface area (Å²) in [5.41, 5.74) is 10.9. The molecule has 8 rings (SSSR count). The van der Waals surface area contributed by atoms with E-state index in [4.69, 9.17) is 0 Å². The zero-order chi connectivity index (χ0) is 28.0. The molecule has 7 aromatic carbocycles. The third-order valence-electron chi connectivity index (χ3n) is 9.50. The Morgan fingerprint density at radius 3 is 1.95 bits per heavy atom. The molecule has 0 aromatic heterocycles. The molecule has 0 radical (unpaired) electrons. The predicted octanol–water partition coefficient (Wildman–Crippen LogP) is 11.6. The van der Waals surface area contributed by atoms with Crippen LogP contribution in [0.15, 0.2) is 133 Å². The fraction of sp³-hybridized carbons (Fsp3) is 0.143. The molecule has 42 heavy (non-hydrogen) atoms. The van der Waals surface area contributed by atoms with Crippen LogP contribution in [-0.4, -0.2) is 0 Å². The molecule has 1 aliphatic carbocycles. The summed E-state index contributed by atoms with van der Waals surface area (Å²) in [7, 11) is 0. The number of rotatable bonds is 5. The van der Waals surface area contributed by atoms with Gasteiger partial charge < -0.3 is 0 Å². The van der Waals surface area contributed by atoms with Crippen molar-refractivity contribution in [3.8, 4) is 22.3 Å². The Hall–Kier alpha value is -4.68. The van der Waals surface area contributed by atoms with E-state index >= 15 is 0 Å². The lowest BCUT2D eigenvalue weighted by atomic mass is 9.73. The van der Waals surface area contributed by atoms with Crippen LogP contribution < -0.4 is 0 Å². The fourth-order valence-electron chi connectivity index (χ4n) is 7.17. The van der Waals surface area contributed by atoms with Crippen LogP contribution in [0.25, 0.3) is 54.6 Å². The average molecular weight is 539 g/mol. The Labute approximate surface area is 248 Å². The Morgan fingerprint density at radius 2 is 1.17 bits per heavy atom. The van der Waals surface area contributed by atoms with E-state index < -0.39 is 0 Å². The number of hydrogen-bond acceptors (Lipinski definition) is 0. The zero-order valence-electron chi connectivity index (χ0n) is 24.1. The first-order valence-electron chi connectivity index (χ1n) is 15.3. The highest BCUT2D eigenvalue weighted by Crippen LogP contribution is 2.49. The van der Waals surface area contributed by atoms with Crippen LogP contribution in [0.3, 0.4) is 0 Å². The van der Waals surface area contributed by atoms with Crippen molar-refractivity contribution in [1.82, 2.24) is 0 Å². The third-order valence-corrected chi connectivity index (χ3v) is 9.50. The molecule has 0 heterocycles. The van der Waals surface area contributed by atoms with Crippen LogP contribution in [0.5, 0.6) is 0 Å². The van der Waals surface area contributed by atoms with Crippen molar-refractivity contribution in [2.45, 2.75) is 38.5 Å². The first-order chi connectivity index (χ1) is 20.7. The van der Waals surface area contributed by atoms with Gasteiger partial charge in [-0.3, -0.25) is 0 Å². The van der Waals surface area contributed by atoms with Crippen LogP contribution in [0.2, 0.25) is 0 Å². The quantitative estimate of drug-likeness (QED) is 0.191. The van der Waals surface area contributed by atoms with Gasteiger partial charge in [-0.2, -0.15) is 0 Å². The van der Waals surface area contributed by atoms with Crippen molar-refractivity contribution in [3.05, 3.63) is 156 Å². The van der Waals surface area contributed by atoms with Crippen LogP contribution in [0, 0.1) is 6.92 Å². The van der Waals surface area contributed by atoms with E-state index in [9.17, 15) is 0 Å². The molecule has 1 saturated carbocycles. The molecule has 7 aromatic rings. The molecule has 202 valence electrons. The maximum absolute atomic E-state index is 2.45. The second kappa shape index (κ2) is 10.3. The molecule has 0 unspecified atom stereocenters. The third kappa shape index (κ3) is 4.22. The van der Waals surface area contributed by atoms with Gasteiger partial charge in [0.2, 0.25) is 0 Å². The smallest absolute Gasteiger partial charge is 0.00256 e. The molecule has 0 spiro atoms. The lowest BCUT2D eigenvalue weighted by molar-refractivity contribution is 0.423. The lowest BCUT2D eigenvalue weighted by Crippen LogP contribution is -2.11. The lowest BCUT2D eigenvalue weighted by Gasteiger charge is -2.31. The summed E-state index contributed by atoms with van der Waals surface area (Å²) in [6.45, 7) is 2.25. The van der Waals surface area contributed by atoms with Crippen LogP contribution in [-0.2, 0) is 6.42 Å². The van der Waals surface area contributed by atoms with E-state index in [-0.39, 0.29) is 0 Å². The largest absolute Gasteiger partial charge is 0.0622 e. The zero-order valence-corrected chi connectivity index (χ0v) is 24.1. The molecule has 0 saturated heterocycles. The average Bonchev–Trinajstić information content (AvgIpc) is 3.01. The maximum atomic E-state index is 2.45. The van der Waals surface area contributed by atoms with Gasteiger partial charge in [0, 0.05) is 0 Å². The minimum absolute atomic E-state index is 0.613. The van der Waals surface area contributed by atoms with Gasteiger partial charge in [0.25, 0.3) is 0 Å². The van der Waals surface area contributed by atoms with Crippen molar-refractivity contribution in [2.24, 2.45) is 0 Å². The summed E-state index contributed by atoms with van der Waals surface area (Å²) in [5.74, 6) is 0.613. The van der Waals surface area contributed by atoms with E-state index in [1.807, 2.05) is 0 Å². The number of hydrogen-bond donors (Lipinski definition) is 0. The monoisotopic (exact) mass is 538 g/mol. The minimum Gasteiger partial charge on any atom is -0.0622 e. The highest BCUT2D eigenvalue weighted by Gasteiger charge is 2.27. The molecule has 0 bridgehead atoms. The molecule has 0 N–H and O–H groups in total. The number of aryl methyl sites for hydroxylation is 1. The fourth-order valence-corrected chi connectivity index (χ4v) is 7.17. The summed E-state index contributed by atoms with van der Waals surface area (Å²) >= 11 is 0. The van der Waals surface area contributed by atoms with Gasteiger partial charge in [0.15, 0.2) is 0 Å². The minimum atomic E-state index is 0.613. The van der Waals surface area contributed by atoms with Crippen LogP contribution in [0.4, 0.5) is 0 Å². The van der Waals surface area contributed by atoms with E-state index in [0.717, 1.165) is 6.42 Å². The summed E-state index contributed by atoms with van der Waals surface area (Å²) in [4.78, 5) is 0. The van der Waals surface area contributed by atoms with Gasteiger partial charge in [-0.05, 0) is 115 Å². The summed E-state index contributed by atoms with van der Waals surface area (Å²) in [6.07, 6.45) is 4.82. The van der Waals surface area contributed by atoms with Crippen molar-refractivity contribution in [3.63, 3.8) is 0 Å². The highest BCUT2D eigenvalue weighted by atomic mass is 14.3. The molecule has 1 aliphatic rings. The van der Waals surface area contributed by atoms with Gasteiger partial charge in [-0.15, -0.1) is 0 Å². The summed E-state index contributed by atoms with van der Waals surface area (Å²) < 4.78 is 0. The molecular formula is C42H34. The Kier molecular flexibility index (Phi) is 6.15. The Balaban J connectivity index is 1.38. The van der Waals surface area contributed by atoms with Crippen molar-refractivity contribution in [1.29, 1.82) is 0 Å². The van der Waals surface area contributed by atoms with Crippen LogP contribution in [0.1, 0.15) is 47.4 Å². The highest BCUT2D eigenvalue weighted by molar-refractivity contribution is 6.27. The first-order valence-corrected chi connectivity index (χ1v) is 15.3. The van der Waals surface area contributed by atoms with Crippen molar-refractivity contribution >= 4 is 32.3 Å². The number of fused-ring (bicyclic) bond motifs is 6. The Morgan fingerprint density at radius 1 is 0.500 bits per heavy atom. The number of benzene rings is 7. The van der Waals surface area contributed by atoms with E-state index in [2.05, 4.69) is 140 Å². The second-order valence-corrected chi connectivity index (χ2v) is 12.1. The van der Waals surface area contributed by atoms with Crippen LogP contribution >= 0.6 is 0 Å². The predicted molar refractivity (Wildman–Crippen MR) is 180 cm³/mol. The van der Waals surface area contributed by atoms with E-state index in [1.165, 1.54) is 90.5 Å². The molecule has 0 heteroatoms. The first kappa shape index (κ1) is 25.1. The summed E-state index contributed by atoms with van der Waals surface area (Å²) in [5, 5.41) is 8.27. The molecular weight excluding hydrogens is 504 g/mol. The van der Waals surface area contributed by atoms with Crippen molar-refractivity contribution < 1.29 is 0 Å². The molecule has 0 aliphatic heterocycles. The topological polar surface area (TPSA) is 0 Å². The van der Waals surface area contributed by atoms with E-state index in [0.29, 0.717) is 5.92 Å². The van der Waals surface area contributed by atoms with Gasteiger partial charge in [-0.25, -0.2) is 0 Å². The SMILES string of the molecule is Cc1ccccc1-c1ccc2c3ccccc3c3cc(-c4cccc(Cc5ccccc5)c4)ccc3c2c1C1CCC1. The molecule has 1 fully saturated rings. The standard InChI is InChI=1S/C42H34/c1-28-11-5-6-18-34(28)37-23-24-38-35-19-7-8-20-36(35)40-27-33(21-22-39(40)42(38)41(37)31-15-10-16-31)32-17-9-14-30(26-32)25-29-12-3-2-4-13-29/h2-9,11-14,17-24,26-27,31H,10,15-16,25H2,1H3. The Bertz CT molecular complexity index is 2090. The van der Waals surface area contributed by atoms with Gasteiger partial charge >= 0.3 is 0 Å². The van der Waals surface area contributed by atoms with Gasteiger partial charge in [0.1, 0.15) is 0 Å². The molecule has 0 nitrogen and oxygen atoms in total. The van der Waals surface area contributed by atoms with Gasteiger partial charge in [-0.1, -0.05) is 134 Å². The maximum Gasteiger partial charge on any atom is -0.00256 e.